The molecular weight excluding hydrogens is 244 g/mol. The smallest absolute Gasteiger partial charge is 0.248 e. The van der Waals surface area contributed by atoms with E-state index in [0.29, 0.717) is 16.8 Å². The van der Waals surface area contributed by atoms with E-state index in [9.17, 15) is 15.0 Å². The second-order valence-electron chi connectivity index (χ2n) is 3.89. The second kappa shape index (κ2) is 5.22. The number of phenolic OH excluding ortho intramolecular Hbond substituents is 2. The highest BCUT2D eigenvalue weighted by Crippen LogP contribution is 2.27. The van der Waals surface area contributed by atoms with Gasteiger partial charge in [0, 0.05) is 17.3 Å². The maximum Gasteiger partial charge on any atom is 0.248 e. The third-order valence-electron chi connectivity index (χ3n) is 2.53. The number of phenols is 2. The molecule has 0 aliphatic rings. The minimum atomic E-state index is -0.530. The number of nitrogens with two attached hydrogens (primary N) is 1. The Labute approximate surface area is 109 Å². The van der Waals surface area contributed by atoms with Gasteiger partial charge in [-0.15, -0.1) is 0 Å². The average Bonchev–Trinajstić information content (AvgIpc) is 2.41. The molecule has 5 nitrogen and oxygen atoms in total. The molecular formula is C14H12N2O3. The molecule has 0 saturated carbocycles. The number of carbonyl (C=O) groups excluding carboxylic acids is 1. The molecule has 2 rings (SSSR count). The van der Waals surface area contributed by atoms with Crippen LogP contribution in [0.1, 0.15) is 15.9 Å². The number of aromatic hydroxyl groups is 2. The Bertz CT molecular complexity index is 651. The van der Waals surface area contributed by atoms with Crippen molar-refractivity contribution in [1.29, 1.82) is 0 Å². The Morgan fingerprint density at radius 2 is 1.89 bits per heavy atom. The van der Waals surface area contributed by atoms with E-state index < -0.39 is 5.91 Å². The molecule has 5 heteroatoms. The van der Waals surface area contributed by atoms with Crippen LogP contribution < -0.4 is 5.73 Å². The maximum absolute atomic E-state index is 11.0. The number of para-hydroxylation sites is 1. The van der Waals surface area contributed by atoms with Gasteiger partial charge in [-0.25, -0.2) is 0 Å². The van der Waals surface area contributed by atoms with Gasteiger partial charge in [-0.1, -0.05) is 12.1 Å². The number of benzene rings is 2. The predicted molar refractivity (Wildman–Crippen MR) is 72.0 cm³/mol. The van der Waals surface area contributed by atoms with Crippen LogP contribution in [0.2, 0.25) is 0 Å². The summed E-state index contributed by atoms with van der Waals surface area (Å²) in [5.41, 5.74) is 6.43. The van der Waals surface area contributed by atoms with E-state index in [4.69, 9.17) is 5.73 Å². The summed E-state index contributed by atoms with van der Waals surface area (Å²) in [6.07, 6.45) is 1.40. The summed E-state index contributed by atoms with van der Waals surface area (Å²) >= 11 is 0. The fourth-order valence-corrected chi connectivity index (χ4v) is 1.54. The molecule has 0 aliphatic heterocycles. The summed E-state index contributed by atoms with van der Waals surface area (Å²) in [6.45, 7) is 0. The molecule has 0 bridgehead atoms. The van der Waals surface area contributed by atoms with E-state index in [-0.39, 0.29) is 11.5 Å². The molecule has 0 unspecified atom stereocenters. The van der Waals surface area contributed by atoms with Crippen molar-refractivity contribution in [3.05, 3.63) is 53.6 Å². The molecule has 0 radical (unpaired) electrons. The summed E-state index contributed by atoms with van der Waals surface area (Å²) in [6, 6.07) is 11.1. The van der Waals surface area contributed by atoms with Gasteiger partial charge in [0.15, 0.2) is 11.5 Å². The molecule has 2 aromatic rings. The van der Waals surface area contributed by atoms with Gasteiger partial charge < -0.3 is 15.9 Å². The van der Waals surface area contributed by atoms with E-state index >= 15 is 0 Å². The van der Waals surface area contributed by atoms with Crippen LogP contribution >= 0.6 is 0 Å². The first-order chi connectivity index (χ1) is 9.08. The lowest BCUT2D eigenvalue weighted by atomic mass is 10.2. The van der Waals surface area contributed by atoms with Crippen molar-refractivity contribution in [1.82, 2.24) is 0 Å². The lowest BCUT2D eigenvalue weighted by Gasteiger charge is -2.01. The molecule has 1 amide bonds. The summed E-state index contributed by atoms with van der Waals surface area (Å²) in [4.78, 5) is 15.1. The lowest BCUT2D eigenvalue weighted by molar-refractivity contribution is 0.100. The van der Waals surface area contributed by atoms with Gasteiger partial charge in [0.25, 0.3) is 0 Å². The topological polar surface area (TPSA) is 95.9 Å². The van der Waals surface area contributed by atoms with Gasteiger partial charge in [0.05, 0.1) is 5.69 Å². The molecule has 0 heterocycles. The van der Waals surface area contributed by atoms with Crippen LogP contribution in [0.3, 0.4) is 0 Å². The number of hydrogen-bond donors (Lipinski definition) is 3. The van der Waals surface area contributed by atoms with Crippen LogP contribution in [0.25, 0.3) is 0 Å². The first-order valence-electron chi connectivity index (χ1n) is 5.53. The zero-order valence-corrected chi connectivity index (χ0v) is 9.95. The Hall–Kier alpha value is -2.82. The fraction of sp³-hybridized carbons (Fsp3) is 0. The maximum atomic E-state index is 11.0. The van der Waals surface area contributed by atoms with Crippen LogP contribution in [0, 0.1) is 0 Å². The first kappa shape index (κ1) is 12.6. The summed E-state index contributed by atoms with van der Waals surface area (Å²) in [5, 5.41) is 18.9. The van der Waals surface area contributed by atoms with Crippen molar-refractivity contribution in [3.63, 3.8) is 0 Å². The molecule has 96 valence electrons. The summed E-state index contributed by atoms with van der Waals surface area (Å²) in [5.74, 6) is -0.982. The predicted octanol–water partition coefficient (Wildman–Crippen LogP) is 1.95. The third-order valence-corrected chi connectivity index (χ3v) is 2.53. The number of rotatable bonds is 3. The van der Waals surface area contributed by atoms with Crippen LogP contribution in [-0.2, 0) is 0 Å². The largest absolute Gasteiger partial charge is 0.504 e. The summed E-state index contributed by atoms with van der Waals surface area (Å²) in [7, 11) is 0. The van der Waals surface area contributed by atoms with Crippen molar-refractivity contribution in [3.8, 4) is 11.5 Å². The molecule has 0 saturated heterocycles. The Morgan fingerprint density at radius 3 is 2.63 bits per heavy atom. The minimum absolute atomic E-state index is 0.213. The van der Waals surface area contributed by atoms with Crippen LogP contribution in [0.5, 0.6) is 11.5 Å². The number of carbonyl (C=O) groups is 1. The van der Waals surface area contributed by atoms with Crippen molar-refractivity contribution in [2.75, 3.05) is 0 Å². The van der Waals surface area contributed by atoms with Gasteiger partial charge in [-0.2, -0.15) is 0 Å². The molecule has 2 aromatic carbocycles. The lowest BCUT2D eigenvalue weighted by Crippen LogP contribution is -2.10. The Balaban J connectivity index is 2.30. The van der Waals surface area contributed by atoms with Crippen LogP contribution in [0.4, 0.5) is 5.69 Å². The van der Waals surface area contributed by atoms with Crippen molar-refractivity contribution < 1.29 is 15.0 Å². The van der Waals surface area contributed by atoms with E-state index in [1.165, 1.54) is 12.3 Å². The number of amides is 1. The van der Waals surface area contributed by atoms with Gasteiger partial charge >= 0.3 is 0 Å². The SMILES string of the molecule is NC(=O)c1cccc(N=Cc2cccc(O)c2O)c1. The van der Waals surface area contributed by atoms with Crippen molar-refractivity contribution in [2.24, 2.45) is 10.7 Å². The van der Waals surface area contributed by atoms with Crippen LogP contribution in [-0.4, -0.2) is 22.3 Å². The van der Waals surface area contributed by atoms with Gasteiger partial charge in [0.2, 0.25) is 5.91 Å². The summed E-state index contributed by atoms with van der Waals surface area (Å²) < 4.78 is 0. The van der Waals surface area contributed by atoms with E-state index in [0.717, 1.165) is 0 Å². The van der Waals surface area contributed by atoms with Crippen LogP contribution in [0.15, 0.2) is 47.5 Å². The Morgan fingerprint density at radius 1 is 1.16 bits per heavy atom. The molecule has 0 aromatic heterocycles. The van der Waals surface area contributed by atoms with E-state index in [1.54, 1.807) is 36.4 Å². The highest BCUT2D eigenvalue weighted by Gasteiger charge is 2.03. The van der Waals surface area contributed by atoms with Gasteiger partial charge in [-0.3, -0.25) is 9.79 Å². The van der Waals surface area contributed by atoms with Crippen molar-refractivity contribution in [2.45, 2.75) is 0 Å². The quantitative estimate of drug-likeness (QED) is 0.578. The highest BCUT2D eigenvalue weighted by molar-refractivity contribution is 5.94. The molecule has 4 N–H and O–H groups in total. The monoisotopic (exact) mass is 256 g/mol. The second-order valence-corrected chi connectivity index (χ2v) is 3.89. The van der Waals surface area contributed by atoms with Crippen molar-refractivity contribution >= 4 is 17.8 Å². The molecule has 19 heavy (non-hydrogen) atoms. The highest BCUT2D eigenvalue weighted by atomic mass is 16.3. The van der Waals surface area contributed by atoms with Gasteiger partial charge in [-0.05, 0) is 30.3 Å². The number of hydrogen-bond acceptors (Lipinski definition) is 4. The molecule has 0 spiro atoms. The molecule has 0 fully saturated rings. The zero-order valence-electron chi connectivity index (χ0n) is 9.95. The zero-order chi connectivity index (χ0) is 13.8. The fourth-order valence-electron chi connectivity index (χ4n) is 1.54. The first-order valence-corrected chi connectivity index (χ1v) is 5.53. The normalized spacial score (nSPS) is 10.7. The molecule has 0 atom stereocenters. The minimum Gasteiger partial charge on any atom is -0.504 e. The third kappa shape index (κ3) is 2.90. The number of nitrogens with zero attached hydrogens (tertiary/aromatic N) is 1. The average molecular weight is 256 g/mol. The molecule has 0 aliphatic carbocycles. The Kier molecular flexibility index (Phi) is 3.47. The standard InChI is InChI=1S/C14H12N2O3/c15-14(19)9-3-1-5-11(7-9)16-8-10-4-2-6-12(17)13(10)18/h1-8,17-18H,(H2,15,19). The number of aliphatic imine (C=N–C) groups is 1. The van der Waals surface area contributed by atoms with E-state index in [1.807, 2.05) is 0 Å². The van der Waals surface area contributed by atoms with E-state index in [2.05, 4.69) is 4.99 Å². The van der Waals surface area contributed by atoms with Gasteiger partial charge in [0.1, 0.15) is 0 Å². The number of primary amides is 1.